The molecule has 0 spiro atoms. The van der Waals surface area contributed by atoms with Crippen molar-refractivity contribution in [3.8, 4) is 0 Å². The third kappa shape index (κ3) is 2.70. The molecule has 2 aromatic rings. The van der Waals surface area contributed by atoms with Crippen LogP contribution in [0.5, 0.6) is 0 Å². The van der Waals surface area contributed by atoms with Gasteiger partial charge in [0.15, 0.2) is 12.4 Å². The predicted octanol–water partition coefficient (Wildman–Crippen LogP) is 3.29. The van der Waals surface area contributed by atoms with E-state index in [0.29, 0.717) is 11.8 Å². The Balaban J connectivity index is 1.69. The highest BCUT2D eigenvalue weighted by Crippen LogP contribution is 2.37. The van der Waals surface area contributed by atoms with Gasteiger partial charge in [-0.05, 0) is 57.2 Å². The highest BCUT2D eigenvalue weighted by molar-refractivity contribution is 7.16. The van der Waals surface area contributed by atoms with E-state index in [2.05, 4.69) is 13.8 Å². The van der Waals surface area contributed by atoms with Crippen LogP contribution in [-0.2, 0) is 6.54 Å². The van der Waals surface area contributed by atoms with Crippen molar-refractivity contribution in [2.45, 2.75) is 58.5 Å². The van der Waals surface area contributed by atoms with E-state index in [1.54, 1.807) is 34.6 Å². The van der Waals surface area contributed by atoms with Crippen molar-refractivity contribution >= 4 is 22.2 Å². The van der Waals surface area contributed by atoms with E-state index in [9.17, 15) is 4.79 Å². The molecular formula is C19H25N2O2S+. The number of hydrogen-bond acceptors (Lipinski definition) is 3. The minimum atomic E-state index is -0.00416. The Morgan fingerprint density at radius 1 is 1.29 bits per heavy atom. The number of anilines is 1. The van der Waals surface area contributed by atoms with Crippen LogP contribution in [0.15, 0.2) is 22.8 Å². The van der Waals surface area contributed by atoms with E-state index in [1.807, 2.05) is 4.90 Å². The van der Waals surface area contributed by atoms with E-state index in [-0.39, 0.29) is 5.91 Å². The van der Waals surface area contributed by atoms with Gasteiger partial charge < -0.3 is 9.32 Å². The molecule has 3 heterocycles. The third-order valence-corrected chi connectivity index (χ3v) is 6.93. The lowest BCUT2D eigenvalue weighted by molar-refractivity contribution is -0.940. The Morgan fingerprint density at radius 2 is 2.08 bits per heavy atom. The molecule has 24 heavy (non-hydrogen) atoms. The Morgan fingerprint density at radius 3 is 2.79 bits per heavy atom. The minimum Gasteiger partial charge on any atom is -0.459 e. The average Bonchev–Trinajstić information content (AvgIpc) is 3.24. The second kappa shape index (κ2) is 6.37. The van der Waals surface area contributed by atoms with E-state index in [4.69, 9.17) is 4.42 Å². The molecule has 2 aliphatic rings. The van der Waals surface area contributed by atoms with Crippen LogP contribution < -0.4 is 9.80 Å². The number of aryl methyl sites for hydroxylation is 1. The van der Waals surface area contributed by atoms with Crippen molar-refractivity contribution < 1.29 is 14.1 Å². The van der Waals surface area contributed by atoms with Crippen LogP contribution in [-0.4, -0.2) is 18.6 Å². The summed E-state index contributed by atoms with van der Waals surface area (Å²) in [4.78, 5) is 17.8. The molecule has 2 aromatic heterocycles. The van der Waals surface area contributed by atoms with Gasteiger partial charge in [0.05, 0.1) is 12.3 Å². The Hall–Kier alpha value is -1.59. The summed E-state index contributed by atoms with van der Waals surface area (Å²) in [5.74, 6) is 0.435. The summed E-state index contributed by atoms with van der Waals surface area (Å²) >= 11 is 1.75. The molecule has 1 fully saturated rings. The maximum atomic E-state index is 13.0. The smallest absolute Gasteiger partial charge is 0.298 e. The van der Waals surface area contributed by atoms with E-state index >= 15 is 0 Å². The first-order valence-corrected chi connectivity index (χ1v) is 9.75. The van der Waals surface area contributed by atoms with Crippen LogP contribution in [0.25, 0.3) is 0 Å². The SMILES string of the molecule is Cc1sc2c(c1C)C[NH+](C1CCCCC1)CN2C(=O)c1ccco1. The van der Waals surface area contributed by atoms with Crippen LogP contribution in [0.1, 0.15) is 58.7 Å². The molecule has 4 rings (SSSR count). The maximum absolute atomic E-state index is 13.0. The lowest BCUT2D eigenvalue weighted by Crippen LogP contribution is -3.17. The van der Waals surface area contributed by atoms with Crippen LogP contribution >= 0.6 is 11.3 Å². The summed E-state index contributed by atoms with van der Waals surface area (Å²) in [6, 6.07) is 4.23. The number of carbonyl (C=O) groups excluding carboxylic acids is 1. The number of hydrogen-bond donors (Lipinski definition) is 1. The summed E-state index contributed by atoms with van der Waals surface area (Å²) in [7, 11) is 0. The molecule has 1 aliphatic carbocycles. The number of fused-ring (bicyclic) bond motifs is 1. The quantitative estimate of drug-likeness (QED) is 0.907. The second-order valence-corrected chi connectivity index (χ2v) is 8.31. The van der Waals surface area contributed by atoms with Crippen molar-refractivity contribution in [3.05, 3.63) is 40.2 Å². The lowest BCUT2D eigenvalue weighted by atomic mass is 9.93. The molecular weight excluding hydrogens is 320 g/mol. The maximum Gasteiger partial charge on any atom is 0.298 e. The molecule has 4 nitrogen and oxygen atoms in total. The van der Waals surface area contributed by atoms with Crippen LogP contribution in [0.2, 0.25) is 0 Å². The molecule has 1 atom stereocenters. The highest BCUT2D eigenvalue weighted by Gasteiger charge is 2.38. The molecule has 128 valence electrons. The van der Waals surface area contributed by atoms with Gasteiger partial charge in [-0.3, -0.25) is 4.79 Å². The zero-order chi connectivity index (χ0) is 16.7. The Kier molecular flexibility index (Phi) is 4.22. The molecule has 1 aliphatic heterocycles. The van der Waals surface area contributed by atoms with Gasteiger partial charge >= 0.3 is 0 Å². The Bertz CT molecular complexity index is 729. The number of carbonyl (C=O) groups is 1. The number of nitrogens with one attached hydrogen (secondary N) is 1. The van der Waals surface area contributed by atoms with Gasteiger partial charge in [-0.25, -0.2) is 4.90 Å². The second-order valence-electron chi connectivity index (χ2n) is 7.11. The van der Waals surface area contributed by atoms with Crippen molar-refractivity contribution in [2.75, 3.05) is 11.6 Å². The van der Waals surface area contributed by atoms with E-state index in [1.165, 1.54) is 48.1 Å². The van der Waals surface area contributed by atoms with Gasteiger partial charge in [0.25, 0.3) is 5.91 Å². The molecule has 0 saturated heterocycles. The fourth-order valence-electron chi connectivity index (χ4n) is 4.12. The summed E-state index contributed by atoms with van der Waals surface area (Å²) in [6.45, 7) is 6.17. The Labute approximate surface area is 147 Å². The normalized spacial score (nSPS) is 21.8. The van der Waals surface area contributed by atoms with Gasteiger partial charge in [-0.2, -0.15) is 0 Å². The molecule has 0 radical (unpaired) electrons. The highest BCUT2D eigenvalue weighted by atomic mass is 32.1. The molecule has 0 bridgehead atoms. The topological polar surface area (TPSA) is 37.9 Å². The standard InChI is InChI=1S/C19H24N2O2S/c1-13-14(2)24-19-16(13)11-20(15-7-4-3-5-8-15)12-21(19)18(22)17-9-6-10-23-17/h6,9-10,15H,3-5,7-8,11-12H2,1-2H3/p+1. The predicted molar refractivity (Wildman–Crippen MR) is 95.7 cm³/mol. The first-order valence-electron chi connectivity index (χ1n) is 8.94. The molecule has 5 heteroatoms. The molecule has 1 unspecified atom stereocenters. The summed E-state index contributed by atoms with van der Waals surface area (Å²) in [5.41, 5.74) is 2.73. The largest absolute Gasteiger partial charge is 0.459 e. The number of rotatable bonds is 2. The minimum absolute atomic E-state index is 0.00416. The molecule has 1 saturated carbocycles. The average molecular weight is 345 g/mol. The monoisotopic (exact) mass is 345 g/mol. The van der Waals surface area contributed by atoms with Gasteiger partial charge in [0.1, 0.15) is 11.5 Å². The zero-order valence-electron chi connectivity index (χ0n) is 14.4. The van der Waals surface area contributed by atoms with Crippen molar-refractivity contribution in [2.24, 2.45) is 0 Å². The molecule has 1 amide bonds. The van der Waals surface area contributed by atoms with Gasteiger partial charge in [0, 0.05) is 10.4 Å². The van der Waals surface area contributed by atoms with Crippen LogP contribution in [0.4, 0.5) is 5.00 Å². The van der Waals surface area contributed by atoms with Crippen LogP contribution in [0, 0.1) is 13.8 Å². The number of amides is 1. The van der Waals surface area contributed by atoms with Gasteiger partial charge in [-0.15, -0.1) is 11.3 Å². The number of thiophene rings is 1. The fourth-order valence-corrected chi connectivity index (χ4v) is 5.29. The van der Waals surface area contributed by atoms with Crippen molar-refractivity contribution in [1.82, 2.24) is 0 Å². The fraction of sp³-hybridized carbons (Fsp3) is 0.526. The summed E-state index contributed by atoms with van der Waals surface area (Å²) in [5, 5.41) is 1.13. The summed E-state index contributed by atoms with van der Waals surface area (Å²) < 4.78 is 5.39. The number of furan rings is 1. The van der Waals surface area contributed by atoms with Crippen molar-refractivity contribution in [1.29, 1.82) is 0 Å². The van der Waals surface area contributed by atoms with Gasteiger partial charge in [-0.1, -0.05) is 6.42 Å². The van der Waals surface area contributed by atoms with Crippen molar-refractivity contribution in [3.63, 3.8) is 0 Å². The van der Waals surface area contributed by atoms with Crippen LogP contribution in [0.3, 0.4) is 0 Å². The number of quaternary nitrogens is 1. The molecule has 0 aromatic carbocycles. The van der Waals surface area contributed by atoms with E-state index in [0.717, 1.165) is 18.2 Å². The first-order chi connectivity index (χ1) is 11.6. The third-order valence-electron chi connectivity index (χ3n) is 5.66. The van der Waals surface area contributed by atoms with E-state index < -0.39 is 0 Å². The number of nitrogens with zero attached hydrogens (tertiary/aromatic N) is 1. The molecule has 1 N–H and O–H groups in total. The van der Waals surface area contributed by atoms with Gasteiger partial charge in [0.2, 0.25) is 0 Å². The first kappa shape index (κ1) is 15.9. The summed E-state index contributed by atoms with van der Waals surface area (Å²) in [6.07, 6.45) is 8.17. The lowest BCUT2D eigenvalue weighted by Gasteiger charge is -2.38. The zero-order valence-corrected chi connectivity index (χ0v) is 15.2.